The zero-order chi connectivity index (χ0) is 22.1. The lowest BCUT2D eigenvalue weighted by atomic mass is 9.77. The van der Waals surface area contributed by atoms with Gasteiger partial charge in [0.2, 0.25) is 15.9 Å². The van der Waals surface area contributed by atoms with E-state index < -0.39 is 21.3 Å². The lowest BCUT2D eigenvalue weighted by Gasteiger charge is -2.34. The highest BCUT2D eigenvalue weighted by Crippen LogP contribution is 2.43. The molecule has 2 fully saturated rings. The molecule has 8 heteroatoms. The van der Waals surface area contributed by atoms with Crippen LogP contribution in [0.3, 0.4) is 0 Å². The first-order chi connectivity index (χ1) is 14.8. The van der Waals surface area contributed by atoms with Crippen molar-refractivity contribution in [3.63, 3.8) is 0 Å². The van der Waals surface area contributed by atoms with Gasteiger partial charge in [0, 0.05) is 26.2 Å². The van der Waals surface area contributed by atoms with E-state index in [1.807, 2.05) is 6.07 Å². The third kappa shape index (κ3) is 4.23. The zero-order valence-corrected chi connectivity index (χ0v) is 18.1. The van der Waals surface area contributed by atoms with Gasteiger partial charge in [-0.1, -0.05) is 25.0 Å². The first-order valence-corrected chi connectivity index (χ1v) is 12.1. The van der Waals surface area contributed by atoms with Crippen LogP contribution in [0.1, 0.15) is 37.7 Å². The first kappa shape index (κ1) is 21.9. The fourth-order valence-corrected chi connectivity index (χ4v) is 6.26. The Balaban J connectivity index is 1.54. The minimum Gasteiger partial charge on any atom is -0.341 e. The Kier molecular flexibility index (Phi) is 6.12. The van der Waals surface area contributed by atoms with Crippen LogP contribution in [0.4, 0.5) is 8.78 Å². The molecule has 0 N–H and O–H groups in total. The predicted octanol–water partition coefficient (Wildman–Crippen LogP) is 3.70. The molecule has 2 aromatic rings. The molecule has 0 atom stereocenters. The predicted molar refractivity (Wildman–Crippen MR) is 113 cm³/mol. The van der Waals surface area contributed by atoms with Gasteiger partial charge in [-0.15, -0.1) is 0 Å². The lowest BCUT2D eigenvalue weighted by molar-refractivity contribution is -0.137. The molecule has 1 saturated carbocycles. The summed E-state index contributed by atoms with van der Waals surface area (Å²) in [5.74, 6) is -0.897. The largest absolute Gasteiger partial charge is 0.341 e. The number of carbonyl (C=O) groups is 1. The maximum atomic E-state index is 13.9. The number of hydrogen-bond donors (Lipinski definition) is 0. The second-order valence-electron chi connectivity index (χ2n) is 8.30. The zero-order valence-electron chi connectivity index (χ0n) is 17.3. The molecule has 5 nitrogen and oxygen atoms in total. The van der Waals surface area contributed by atoms with E-state index in [2.05, 4.69) is 0 Å². The molecule has 1 aliphatic carbocycles. The van der Waals surface area contributed by atoms with Crippen molar-refractivity contribution in [2.45, 2.75) is 42.4 Å². The molecule has 0 spiro atoms. The second-order valence-corrected chi connectivity index (χ2v) is 10.2. The Morgan fingerprint density at radius 1 is 0.839 bits per heavy atom. The fourth-order valence-electron chi connectivity index (χ4n) is 4.79. The Labute approximate surface area is 181 Å². The number of carbonyl (C=O) groups excluding carboxylic acids is 1. The Bertz CT molecular complexity index is 1050. The van der Waals surface area contributed by atoms with E-state index in [-0.39, 0.29) is 36.3 Å². The Morgan fingerprint density at radius 3 is 2.23 bits per heavy atom. The number of halogens is 2. The molecule has 166 valence electrons. The molecule has 1 amide bonds. The molecule has 2 aliphatic rings. The van der Waals surface area contributed by atoms with Crippen LogP contribution >= 0.6 is 0 Å². The molecule has 0 bridgehead atoms. The summed E-state index contributed by atoms with van der Waals surface area (Å²) in [4.78, 5) is 15.4. The molecule has 31 heavy (non-hydrogen) atoms. The van der Waals surface area contributed by atoms with Gasteiger partial charge in [-0.25, -0.2) is 17.2 Å². The van der Waals surface area contributed by atoms with E-state index in [0.29, 0.717) is 31.4 Å². The van der Waals surface area contributed by atoms with Crippen LogP contribution in [0.2, 0.25) is 0 Å². The van der Waals surface area contributed by atoms with Crippen LogP contribution < -0.4 is 0 Å². The maximum absolute atomic E-state index is 13.9. The number of amides is 1. The number of rotatable bonds is 4. The van der Waals surface area contributed by atoms with Crippen molar-refractivity contribution in [2.24, 2.45) is 0 Å². The standard InChI is InChI=1S/C23H26F2N2O3S/c24-19-7-9-21(10-8-19)31(29,30)27-14-4-13-26(15-16-27)22(28)23(11-1-2-12-23)18-5-3-6-20(25)17-18/h3,5-10,17H,1-2,4,11-16H2. The van der Waals surface area contributed by atoms with Crippen molar-refractivity contribution in [3.8, 4) is 0 Å². The summed E-state index contributed by atoms with van der Waals surface area (Å²) in [5, 5.41) is 0. The summed E-state index contributed by atoms with van der Waals surface area (Å²) in [7, 11) is -3.76. The fraction of sp³-hybridized carbons (Fsp3) is 0.435. The topological polar surface area (TPSA) is 57.7 Å². The summed E-state index contributed by atoms with van der Waals surface area (Å²) in [6, 6.07) is 11.1. The molecule has 2 aromatic carbocycles. The highest BCUT2D eigenvalue weighted by Gasteiger charge is 2.45. The van der Waals surface area contributed by atoms with E-state index in [1.165, 1.54) is 28.6 Å². The third-order valence-corrected chi connectivity index (χ3v) is 8.35. The van der Waals surface area contributed by atoms with Crippen LogP contribution in [0.5, 0.6) is 0 Å². The first-order valence-electron chi connectivity index (χ1n) is 10.6. The summed E-state index contributed by atoms with van der Waals surface area (Å²) < 4.78 is 54.4. The van der Waals surface area contributed by atoms with Gasteiger partial charge in [-0.05, 0) is 61.2 Å². The maximum Gasteiger partial charge on any atom is 0.243 e. The van der Waals surface area contributed by atoms with Gasteiger partial charge in [0.05, 0.1) is 10.3 Å². The lowest BCUT2D eigenvalue weighted by Crippen LogP contribution is -2.47. The monoisotopic (exact) mass is 448 g/mol. The number of sulfonamides is 1. The summed E-state index contributed by atoms with van der Waals surface area (Å²) in [6.07, 6.45) is 3.65. The number of hydrogen-bond acceptors (Lipinski definition) is 3. The molecular weight excluding hydrogens is 422 g/mol. The second kappa shape index (κ2) is 8.67. The van der Waals surface area contributed by atoms with Crippen LogP contribution in [0.25, 0.3) is 0 Å². The van der Waals surface area contributed by atoms with Crippen molar-refractivity contribution in [3.05, 3.63) is 65.7 Å². The van der Waals surface area contributed by atoms with Crippen LogP contribution in [-0.4, -0.2) is 49.7 Å². The number of nitrogens with zero attached hydrogens (tertiary/aromatic N) is 2. The minimum atomic E-state index is -3.76. The quantitative estimate of drug-likeness (QED) is 0.717. The molecule has 4 rings (SSSR count). The minimum absolute atomic E-state index is 0.0423. The molecule has 0 radical (unpaired) electrons. The van der Waals surface area contributed by atoms with Crippen LogP contribution in [-0.2, 0) is 20.2 Å². The number of benzene rings is 2. The summed E-state index contributed by atoms with van der Waals surface area (Å²) in [5.41, 5.74) is -0.0392. The van der Waals surface area contributed by atoms with Gasteiger partial charge in [0.25, 0.3) is 0 Å². The molecular formula is C23H26F2N2O3S. The van der Waals surface area contributed by atoms with E-state index in [1.54, 1.807) is 11.0 Å². The van der Waals surface area contributed by atoms with E-state index in [9.17, 15) is 22.0 Å². The van der Waals surface area contributed by atoms with Crippen molar-refractivity contribution in [2.75, 3.05) is 26.2 Å². The Morgan fingerprint density at radius 2 is 1.55 bits per heavy atom. The van der Waals surface area contributed by atoms with Crippen LogP contribution in [0, 0.1) is 11.6 Å². The summed E-state index contributed by atoms with van der Waals surface area (Å²) in [6.45, 7) is 1.18. The normalized spacial score (nSPS) is 19.9. The molecule has 1 aliphatic heterocycles. The van der Waals surface area contributed by atoms with E-state index in [0.717, 1.165) is 25.0 Å². The smallest absolute Gasteiger partial charge is 0.243 e. The van der Waals surface area contributed by atoms with Gasteiger partial charge in [0.15, 0.2) is 0 Å². The molecule has 0 unspecified atom stereocenters. The highest BCUT2D eigenvalue weighted by molar-refractivity contribution is 7.89. The molecule has 1 saturated heterocycles. The SMILES string of the molecule is O=C(N1CCCN(S(=O)(=O)c2ccc(F)cc2)CC1)C1(c2cccc(F)c2)CCCC1. The van der Waals surface area contributed by atoms with Gasteiger partial charge in [0.1, 0.15) is 11.6 Å². The van der Waals surface area contributed by atoms with E-state index >= 15 is 0 Å². The van der Waals surface area contributed by atoms with Crippen molar-refractivity contribution in [1.82, 2.24) is 9.21 Å². The average molecular weight is 449 g/mol. The Hall–Kier alpha value is -2.32. The van der Waals surface area contributed by atoms with Crippen molar-refractivity contribution >= 4 is 15.9 Å². The van der Waals surface area contributed by atoms with Crippen molar-refractivity contribution < 1.29 is 22.0 Å². The van der Waals surface area contributed by atoms with Crippen molar-refractivity contribution in [1.29, 1.82) is 0 Å². The van der Waals surface area contributed by atoms with Gasteiger partial charge < -0.3 is 4.90 Å². The molecule has 1 heterocycles. The average Bonchev–Trinajstić information content (AvgIpc) is 3.12. The van der Waals surface area contributed by atoms with Gasteiger partial charge in [-0.2, -0.15) is 4.31 Å². The summed E-state index contributed by atoms with van der Waals surface area (Å²) >= 11 is 0. The molecule has 0 aromatic heterocycles. The van der Waals surface area contributed by atoms with Crippen LogP contribution in [0.15, 0.2) is 53.4 Å². The van der Waals surface area contributed by atoms with Gasteiger partial charge >= 0.3 is 0 Å². The van der Waals surface area contributed by atoms with Gasteiger partial charge in [-0.3, -0.25) is 4.79 Å². The van der Waals surface area contributed by atoms with E-state index in [4.69, 9.17) is 0 Å². The highest BCUT2D eigenvalue weighted by atomic mass is 32.2. The third-order valence-electron chi connectivity index (χ3n) is 6.44.